The Morgan fingerprint density at radius 1 is 1.31 bits per heavy atom. The molecule has 0 bridgehead atoms. The van der Waals surface area contributed by atoms with Crippen molar-refractivity contribution in [3.8, 4) is 0 Å². The fraction of sp³-hybridized carbons (Fsp3) is 0.300. The van der Waals surface area contributed by atoms with Crippen LogP contribution >= 0.6 is 0 Å². The zero-order valence-electron chi connectivity index (χ0n) is 8.73. The van der Waals surface area contributed by atoms with Crippen LogP contribution in [0, 0.1) is 17.5 Å². The molecule has 16 heavy (non-hydrogen) atoms. The number of halogens is 3. The van der Waals surface area contributed by atoms with Crippen molar-refractivity contribution in [3.63, 3.8) is 0 Å². The molecule has 0 heterocycles. The molecule has 0 fully saturated rings. The van der Waals surface area contributed by atoms with Gasteiger partial charge in [0, 0.05) is 18.7 Å². The predicted molar refractivity (Wildman–Crippen MR) is 55.3 cm³/mol. The molecule has 0 aromatic heterocycles. The molecule has 1 aromatic rings. The summed E-state index contributed by atoms with van der Waals surface area (Å²) in [6.45, 7) is 2.23. The summed E-state index contributed by atoms with van der Waals surface area (Å²) in [4.78, 5) is 3.86. The fourth-order valence-electron chi connectivity index (χ4n) is 1.19. The number of aliphatic imine (C=N–C) groups is 1. The standard InChI is InChI=1S/C10H12F3N3/c1-2-3-15-10(16-14)9-7(12)4-6(11)5-8(9)13/h4-5H,2-3,14H2,1H3,(H,15,16). The van der Waals surface area contributed by atoms with Gasteiger partial charge in [0.25, 0.3) is 0 Å². The number of hydrogen-bond acceptors (Lipinski definition) is 2. The number of nitrogens with zero attached hydrogens (tertiary/aromatic N) is 1. The number of benzene rings is 1. The van der Waals surface area contributed by atoms with Crippen LogP contribution < -0.4 is 11.3 Å². The summed E-state index contributed by atoms with van der Waals surface area (Å²) in [7, 11) is 0. The normalized spacial score (nSPS) is 11.7. The molecule has 0 unspecified atom stereocenters. The van der Waals surface area contributed by atoms with Gasteiger partial charge in [-0.15, -0.1) is 0 Å². The second-order valence-corrected chi connectivity index (χ2v) is 3.12. The van der Waals surface area contributed by atoms with E-state index < -0.39 is 23.0 Å². The summed E-state index contributed by atoms with van der Waals surface area (Å²) < 4.78 is 39.3. The number of amidine groups is 1. The first-order valence-electron chi connectivity index (χ1n) is 4.76. The van der Waals surface area contributed by atoms with Crippen LogP contribution in [0.15, 0.2) is 17.1 Å². The van der Waals surface area contributed by atoms with Gasteiger partial charge < -0.3 is 5.43 Å². The van der Waals surface area contributed by atoms with E-state index in [9.17, 15) is 13.2 Å². The molecule has 3 nitrogen and oxygen atoms in total. The van der Waals surface area contributed by atoms with E-state index in [1.807, 2.05) is 6.92 Å². The lowest BCUT2D eigenvalue weighted by atomic mass is 10.1. The summed E-state index contributed by atoms with van der Waals surface area (Å²) in [6, 6.07) is 1.16. The van der Waals surface area contributed by atoms with E-state index in [2.05, 4.69) is 10.4 Å². The van der Waals surface area contributed by atoms with Crippen LogP contribution in [0.1, 0.15) is 18.9 Å². The molecule has 0 atom stereocenters. The molecule has 0 radical (unpaired) electrons. The van der Waals surface area contributed by atoms with Crippen LogP contribution in [0.2, 0.25) is 0 Å². The van der Waals surface area contributed by atoms with Gasteiger partial charge in [-0.1, -0.05) is 6.92 Å². The summed E-state index contributed by atoms with van der Waals surface area (Å²) in [6.07, 6.45) is 0.704. The third-order valence-electron chi connectivity index (χ3n) is 1.87. The van der Waals surface area contributed by atoms with Gasteiger partial charge in [-0.3, -0.25) is 4.99 Å². The Morgan fingerprint density at radius 2 is 1.88 bits per heavy atom. The lowest BCUT2D eigenvalue weighted by Crippen LogP contribution is -2.33. The Bertz CT molecular complexity index is 381. The summed E-state index contributed by atoms with van der Waals surface area (Å²) in [5.41, 5.74) is 1.65. The van der Waals surface area contributed by atoms with E-state index >= 15 is 0 Å². The van der Waals surface area contributed by atoms with E-state index in [0.29, 0.717) is 25.1 Å². The molecule has 1 aromatic carbocycles. The largest absolute Gasteiger partial charge is 0.308 e. The molecule has 0 saturated carbocycles. The zero-order valence-corrected chi connectivity index (χ0v) is 8.73. The first-order chi connectivity index (χ1) is 7.60. The van der Waals surface area contributed by atoms with E-state index in [1.54, 1.807) is 0 Å². The van der Waals surface area contributed by atoms with Crippen LogP contribution in [0.3, 0.4) is 0 Å². The molecule has 1 rings (SSSR count). The zero-order chi connectivity index (χ0) is 12.1. The van der Waals surface area contributed by atoms with Crippen LogP contribution in [0.25, 0.3) is 0 Å². The molecule has 6 heteroatoms. The van der Waals surface area contributed by atoms with Gasteiger partial charge in [0.05, 0.1) is 5.56 Å². The highest BCUT2D eigenvalue weighted by Gasteiger charge is 2.16. The van der Waals surface area contributed by atoms with E-state index in [0.717, 1.165) is 0 Å². The second-order valence-electron chi connectivity index (χ2n) is 3.12. The van der Waals surface area contributed by atoms with E-state index in [1.165, 1.54) is 0 Å². The Balaban J connectivity index is 3.20. The first kappa shape index (κ1) is 12.5. The topological polar surface area (TPSA) is 50.4 Å². The fourth-order valence-corrected chi connectivity index (χ4v) is 1.19. The highest BCUT2D eigenvalue weighted by atomic mass is 19.1. The van der Waals surface area contributed by atoms with Crippen molar-refractivity contribution < 1.29 is 13.2 Å². The molecular weight excluding hydrogens is 219 g/mol. The minimum absolute atomic E-state index is 0.128. The first-order valence-corrected chi connectivity index (χ1v) is 4.76. The summed E-state index contributed by atoms with van der Waals surface area (Å²) in [5.74, 6) is 1.93. The smallest absolute Gasteiger partial charge is 0.148 e. The molecule has 0 amide bonds. The molecule has 0 aliphatic heterocycles. The monoisotopic (exact) mass is 231 g/mol. The number of nitrogens with one attached hydrogen (secondary N) is 1. The minimum atomic E-state index is -1.04. The van der Waals surface area contributed by atoms with Gasteiger partial charge in [0.1, 0.15) is 23.3 Å². The summed E-state index contributed by atoms with van der Waals surface area (Å²) in [5, 5.41) is 0. The molecule has 3 N–H and O–H groups in total. The average Bonchev–Trinajstić information content (AvgIpc) is 2.21. The molecular formula is C10H12F3N3. The van der Waals surface area contributed by atoms with Crippen molar-refractivity contribution in [1.82, 2.24) is 5.43 Å². The quantitative estimate of drug-likeness (QED) is 0.360. The van der Waals surface area contributed by atoms with Gasteiger partial charge in [-0.05, 0) is 6.42 Å². The third-order valence-corrected chi connectivity index (χ3v) is 1.87. The van der Waals surface area contributed by atoms with Crippen molar-refractivity contribution >= 4 is 5.84 Å². The van der Waals surface area contributed by atoms with Gasteiger partial charge in [0.2, 0.25) is 0 Å². The van der Waals surface area contributed by atoms with Crippen molar-refractivity contribution in [3.05, 3.63) is 35.1 Å². The van der Waals surface area contributed by atoms with Crippen LogP contribution in [-0.4, -0.2) is 12.4 Å². The van der Waals surface area contributed by atoms with Gasteiger partial charge in [-0.25, -0.2) is 19.0 Å². The molecule has 88 valence electrons. The SMILES string of the molecule is CCCN=C(NN)c1c(F)cc(F)cc1F. The molecule has 0 aliphatic rings. The Labute approximate surface area is 91.1 Å². The molecule has 0 spiro atoms. The third kappa shape index (κ3) is 2.73. The lowest BCUT2D eigenvalue weighted by molar-refractivity contribution is 0.539. The average molecular weight is 231 g/mol. The maximum Gasteiger partial charge on any atom is 0.148 e. The summed E-state index contributed by atoms with van der Waals surface area (Å²) >= 11 is 0. The van der Waals surface area contributed by atoms with Crippen LogP contribution in [0.5, 0.6) is 0 Å². The van der Waals surface area contributed by atoms with Crippen molar-refractivity contribution in [1.29, 1.82) is 0 Å². The highest BCUT2D eigenvalue weighted by molar-refractivity contribution is 5.98. The number of rotatable bonds is 3. The van der Waals surface area contributed by atoms with Gasteiger partial charge in [-0.2, -0.15) is 0 Å². The Kier molecular flexibility index (Phi) is 4.30. The maximum absolute atomic E-state index is 13.3. The van der Waals surface area contributed by atoms with Gasteiger partial charge >= 0.3 is 0 Å². The van der Waals surface area contributed by atoms with E-state index in [-0.39, 0.29) is 5.84 Å². The van der Waals surface area contributed by atoms with E-state index in [4.69, 9.17) is 5.84 Å². The maximum atomic E-state index is 13.3. The van der Waals surface area contributed by atoms with Crippen molar-refractivity contribution in [2.24, 2.45) is 10.8 Å². The van der Waals surface area contributed by atoms with Crippen LogP contribution in [0.4, 0.5) is 13.2 Å². The number of hydrogen-bond donors (Lipinski definition) is 2. The number of hydrazine groups is 1. The molecule has 0 saturated heterocycles. The predicted octanol–water partition coefficient (Wildman–Crippen LogP) is 1.72. The van der Waals surface area contributed by atoms with Crippen LogP contribution in [-0.2, 0) is 0 Å². The Morgan fingerprint density at radius 3 is 2.31 bits per heavy atom. The second kappa shape index (κ2) is 5.50. The highest BCUT2D eigenvalue weighted by Crippen LogP contribution is 2.14. The Hall–Kier alpha value is -1.56. The lowest BCUT2D eigenvalue weighted by Gasteiger charge is -2.08. The van der Waals surface area contributed by atoms with Crippen molar-refractivity contribution in [2.45, 2.75) is 13.3 Å². The minimum Gasteiger partial charge on any atom is -0.308 e. The number of nitrogens with two attached hydrogens (primary N) is 1. The van der Waals surface area contributed by atoms with Crippen molar-refractivity contribution in [2.75, 3.05) is 6.54 Å². The van der Waals surface area contributed by atoms with Gasteiger partial charge in [0.15, 0.2) is 0 Å². The molecule has 0 aliphatic carbocycles.